The fraction of sp³-hybridized carbons (Fsp3) is 0.333. The number of halogens is 1. The molecule has 152 valence electrons. The number of hydrogen-bond acceptors (Lipinski definition) is 4. The zero-order chi connectivity index (χ0) is 20.6. The first-order valence-electron chi connectivity index (χ1n) is 9.34. The number of amides is 1. The largest absolute Gasteiger partial charge is 0.342 e. The van der Waals surface area contributed by atoms with E-state index in [1.54, 1.807) is 0 Å². The van der Waals surface area contributed by atoms with Gasteiger partial charge in [-0.2, -0.15) is 4.99 Å². The van der Waals surface area contributed by atoms with Gasteiger partial charge >= 0.3 is 0 Å². The van der Waals surface area contributed by atoms with Gasteiger partial charge in [-0.3, -0.25) is 4.79 Å². The average Bonchev–Trinajstić information content (AvgIpc) is 3.11. The molecule has 1 amide bonds. The first-order valence-corrected chi connectivity index (χ1v) is 12.4. The summed E-state index contributed by atoms with van der Waals surface area (Å²) in [5.74, 6) is 0.00826. The molecule has 5 nitrogen and oxygen atoms in total. The normalized spacial score (nSPS) is 24.1. The van der Waals surface area contributed by atoms with E-state index in [1.807, 2.05) is 60.4 Å². The van der Waals surface area contributed by atoms with Crippen molar-refractivity contribution >= 4 is 44.3 Å². The molecule has 4 rings (SSSR count). The zero-order valence-electron chi connectivity index (χ0n) is 15.9. The number of hydrogen-bond donors (Lipinski definition) is 0. The summed E-state index contributed by atoms with van der Waals surface area (Å²) in [6.07, 6.45) is 0.229. The fourth-order valence-electron chi connectivity index (χ4n) is 3.63. The predicted molar refractivity (Wildman–Crippen MR) is 118 cm³/mol. The van der Waals surface area contributed by atoms with E-state index in [0.717, 1.165) is 16.7 Å². The molecule has 2 aliphatic heterocycles. The molecule has 8 heteroatoms. The van der Waals surface area contributed by atoms with Crippen LogP contribution >= 0.6 is 23.4 Å². The summed E-state index contributed by atoms with van der Waals surface area (Å²) in [7, 11) is -3.07. The van der Waals surface area contributed by atoms with Gasteiger partial charge in [-0.25, -0.2) is 8.42 Å². The second kappa shape index (κ2) is 8.13. The maximum absolute atomic E-state index is 12.6. The number of benzene rings is 2. The molecule has 0 radical (unpaired) electrons. The molecule has 0 aliphatic carbocycles. The Bertz CT molecular complexity index is 1050. The predicted octanol–water partition coefficient (Wildman–Crippen LogP) is 3.49. The number of aliphatic imine (C=N–C) groups is 1. The Hall–Kier alpha value is -1.83. The van der Waals surface area contributed by atoms with Crippen LogP contribution in [-0.2, 0) is 27.6 Å². The molecule has 0 aromatic heterocycles. The lowest BCUT2D eigenvalue weighted by Gasteiger charge is -2.24. The van der Waals surface area contributed by atoms with Gasteiger partial charge in [0.05, 0.1) is 24.0 Å². The van der Waals surface area contributed by atoms with Crippen molar-refractivity contribution in [1.29, 1.82) is 0 Å². The van der Waals surface area contributed by atoms with Crippen LogP contribution in [0.25, 0.3) is 0 Å². The van der Waals surface area contributed by atoms with Crippen molar-refractivity contribution in [1.82, 2.24) is 4.90 Å². The van der Waals surface area contributed by atoms with Gasteiger partial charge in [-0.15, -0.1) is 0 Å². The van der Waals surface area contributed by atoms with E-state index >= 15 is 0 Å². The number of sulfone groups is 1. The van der Waals surface area contributed by atoms with Crippen LogP contribution < -0.4 is 0 Å². The first-order chi connectivity index (χ1) is 13.8. The van der Waals surface area contributed by atoms with Crippen LogP contribution in [0.5, 0.6) is 0 Å². The maximum Gasteiger partial charge on any atom is 0.252 e. The average molecular weight is 449 g/mol. The number of rotatable bonds is 4. The van der Waals surface area contributed by atoms with Crippen molar-refractivity contribution in [3.8, 4) is 0 Å². The molecule has 2 unspecified atom stereocenters. The molecule has 2 atom stereocenters. The Kier molecular flexibility index (Phi) is 5.73. The summed E-state index contributed by atoms with van der Waals surface area (Å²) in [6.45, 7) is 2.50. The van der Waals surface area contributed by atoms with Crippen LogP contribution in [0.4, 0.5) is 0 Å². The molecule has 0 spiro atoms. The number of carbonyl (C=O) groups excluding carboxylic acids is 1. The standard InChI is InChI=1S/C21H21ClN2O3S2/c1-14-2-4-15(5-3-14)10-20(25)23-21-24(11-16-6-8-17(22)9-7-16)18-12-29(26,27)13-19(18)28-21/h2-9,18-19H,10-13H2,1H3. The summed E-state index contributed by atoms with van der Waals surface area (Å²) >= 11 is 7.38. The number of thioether (sulfide) groups is 1. The molecule has 2 aromatic carbocycles. The van der Waals surface area contributed by atoms with E-state index in [1.165, 1.54) is 11.8 Å². The molecule has 2 aliphatic rings. The second-order valence-electron chi connectivity index (χ2n) is 7.51. The number of aryl methyl sites for hydroxylation is 1. The summed E-state index contributed by atoms with van der Waals surface area (Å²) in [6, 6.07) is 15.1. The molecule has 0 N–H and O–H groups in total. The van der Waals surface area contributed by atoms with Crippen molar-refractivity contribution in [3.05, 3.63) is 70.2 Å². The van der Waals surface area contributed by atoms with E-state index < -0.39 is 9.84 Å². The van der Waals surface area contributed by atoms with Gasteiger partial charge in [-0.1, -0.05) is 65.3 Å². The third-order valence-electron chi connectivity index (χ3n) is 5.14. The lowest BCUT2D eigenvalue weighted by atomic mass is 10.1. The second-order valence-corrected chi connectivity index (χ2v) is 11.3. The van der Waals surface area contributed by atoms with Crippen molar-refractivity contribution in [2.75, 3.05) is 11.5 Å². The van der Waals surface area contributed by atoms with Gasteiger partial charge in [0.25, 0.3) is 5.91 Å². The van der Waals surface area contributed by atoms with Gasteiger partial charge in [0.2, 0.25) is 0 Å². The quantitative estimate of drug-likeness (QED) is 0.716. The van der Waals surface area contributed by atoms with Crippen molar-refractivity contribution in [2.45, 2.75) is 31.2 Å². The molecule has 29 heavy (non-hydrogen) atoms. The van der Waals surface area contributed by atoms with Crippen LogP contribution in [0.3, 0.4) is 0 Å². The van der Waals surface area contributed by atoms with Crippen LogP contribution in [0.2, 0.25) is 5.02 Å². The summed E-state index contributed by atoms with van der Waals surface area (Å²) in [5, 5.41) is 1.17. The van der Waals surface area contributed by atoms with Gasteiger partial charge in [0, 0.05) is 16.8 Å². The highest BCUT2D eigenvalue weighted by atomic mass is 35.5. The van der Waals surface area contributed by atoms with E-state index in [2.05, 4.69) is 4.99 Å². The Morgan fingerprint density at radius 3 is 2.45 bits per heavy atom. The minimum absolute atomic E-state index is 0.0850. The molecule has 2 fully saturated rings. The van der Waals surface area contributed by atoms with Gasteiger partial charge < -0.3 is 4.90 Å². The Labute approximate surface area is 180 Å². The maximum atomic E-state index is 12.6. The molecular weight excluding hydrogens is 428 g/mol. The van der Waals surface area contributed by atoms with Crippen LogP contribution in [-0.4, -0.2) is 47.2 Å². The third-order valence-corrected chi connectivity index (χ3v) is 8.64. The zero-order valence-corrected chi connectivity index (χ0v) is 18.3. The Balaban J connectivity index is 1.56. The SMILES string of the molecule is Cc1ccc(CC(=O)N=C2SC3CS(=O)(=O)CC3N2Cc2ccc(Cl)cc2)cc1. The van der Waals surface area contributed by atoms with Crippen molar-refractivity contribution < 1.29 is 13.2 Å². The Morgan fingerprint density at radius 2 is 1.76 bits per heavy atom. The number of fused-ring (bicyclic) bond motifs is 1. The van der Waals surface area contributed by atoms with E-state index in [0.29, 0.717) is 16.7 Å². The monoisotopic (exact) mass is 448 g/mol. The smallest absolute Gasteiger partial charge is 0.252 e. The molecule has 2 saturated heterocycles. The van der Waals surface area contributed by atoms with E-state index in [4.69, 9.17) is 11.6 Å². The number of carbonyl (C=O) groups is 1. The lowest BCUT2D eigenvalue weighted by Crippen LogP contribution is -2.37. The highest BCUT2D eigenvalue weighted by Crippen LogP contribution is 2.39. The van der Waals surface area contributed by atoms with Gasteiger partial charge in [0.1, 0.15) is 0 Å². The summed E-state index contributed by atoms with van der Waals surface area (Å²) in [5.41, 5.74) is 3.06. The molecule has 0 saturated carbocycles. The highest BCUT2D eigenvalue weighted by molar-refractivity contribution is 8.15. The van der Waals surface area contributed by atoms with E-state index in [-0.39, 0.29) is 35.1 Å². The van der Waals surface area contributed by atoms with Crippen LogP contribution in [0.1, 0.15) is 16.7 Å². The topological polar surface area (TPSA) is 66.8 Å². The molecular formula is C21H21ClN2O3S2. The van der Waals surface area contributed by atoms with Gasteiger partial charge in [0.15, 0.2) is 15.0 Å². The van der Waals surface area contributed by atoms with Crippen molar-refractivity contribution in [3.63, 3.8) is 0 Å². The molecule has 0 bridgehead atoms. The highest BCUT2D eigenvalue weighted by Gasteiger charge is 2.48. The van der Waals surface area contributed by atoms with Crippen LogP contribution in [0, 0.1) is 6.92 Å². The minimum atomic E-state index is -3.07. The first kappa shape index (κ1) is 20.4. The lowest BCUT2D eigenvalue weighted by molar-refractivity contribution is -0.117. The van der Waals surface area contributed by atoms with E-state index in [9.17, 15) is 13.2 Å². The Morgan fingerprint density at radius 1 is 1.10 bits per heavy atom. The summed E-state index contributed by atoms with van der Waals surface area (Å²) < 4.78 is 24.2. The van der Waals surface area contributed by atoms with Crippen molar-refractivity contribution in [2.24, 2.45) is 4.99 Å². The third kappa shape index (κ3) is 4.85. The molecule has 2 heterocycles. The minimum Gasteiger partial charge on any atom is -0.342 e. The number of amidine groups is 1. The summed E-state index contributed by atoms with van der Waals surface area (Å²) in [4.78, 5) is 18.9. The van der Waals surface area contributed by atoms with Crippen LogP contribution in [0.15, 0.2) is 53.5 Å². The number of nitrogens with zero attached hydrogens (tertiary/aromatic N) is 2. The fourth-order valence-corrected chi connectivity index (χ4v) is 7.73. The van der Waals surface area contributed by atoms with Gasteiger partial charge in [-0.05, 0) is 30.2 Å². The molecule has 2 aromatic rings.